The molecule has 1 aliphatic rings. The van der Waals surface area contributed by atoms with Crippen LogP contribution in [-0.4, -0.2) is 29.1 Å². The number of unbranched alkanes of at least 4 members (excludes halogenated alkanes) is 25. The van der Waals surface area contributed by atoms with E-state index in [9.17, 15) is 0 Å². The van der Waals surface area contributed by atoms with E-state index in [0.29, 0.717) is 6.17 Å². The summed E-state index contributed by atoms with van der Waals surface area (Å²) >= 11 is 0. The highest BCUT2D eigenvalue weighted by atomic mass is 15.4. The Balaban J connectivity index is 2.18. The maximum Gasteiger partial charge on any atom is 0.101 e. The van der Waals surface area contributed by atoms with Crippen molar-refractivity contribution >= 4 is 0 Å². The Morgan fingerprint density at radius 1 is 0.333 bits per heavy atom. The van der Waals surface area contributed by atoms with Crippen LogP contribution in [0.25, 0.3) is 0 Å². The summed E-state index contributed by atoms with van der Waals surface area (Å²) in [6.07, 6.45) is 46.9. The molecule has 0 aliphatic carbocycles. The highest BCUT2D eigenvalue weighted by Gasteiger charge is 2.24. The summed E-state index contributed by atoms with van der Waals surface area (Å²) in [6.45, 7) is 9.48. The van der Waals surface area contributed by atoms with Crippen molar-refractivity contribution in [3.8, 4) is 0 Å². The lowest BCUT2D eigenvalue weighted by Gasteiger charge is -2.33. The zero-order chi connectivity index (χ0) is 28.1. The van der Waals surface area contributed by atoms with E-state index in [1.165, 1.54) is 199 Å². The van der Waals surface area contributed by atoms with Crippen molar-refractivity contribution < 1.29 is 0 Å². The smallest absolute Gasteiger partial charge is 0.101 e. The van der Waals surface area contributed by atoms with Gasteiger partial charge in [0.05, 0.1) is 0 Å². The van der Waals surface area contributed by atoms with Crippen LogP contribution >= 0.6 is 0 Å². The molecule has 1 unspecified atom stereocenters. The van der Waals surface area contributed by atoms with Crippen LogP contribution in [0.4, 0.5) is 0 Å². The predicted molar refractivity (Wildman–Crippen MR) is 177 cm³/mol. The van der Waals surface area contributed by atoms with Crippen molar-refractivity contribution in [2.24, 2.45) is 0 Å². The van der Waals surface area contributed by atoms with E-state index in [1.54, 1.807) is 0 Å². The van der Waals surface area contributed by atoms with E-state index in [2.05, 4.69) is 43.0 Å². The summed E-state index contributed by atoms with van der Waals surface area (Å²) in [4.78, 5) is 5.41. The second kappa shape index (κ2) is 28.9. The molecule has 0 aromatic rings. The molecule has 39 heavy (non-hydrogen) atoms. The zero-order valence-corrected chi connectivity index (χ0v) is 27.5. The maximum absolute atomic E-state index is 2.71. The molecule has 0 bridgehead atoms. The fraction of sp³-hybridized carbons (Fsp3) is 0.946. The topological polar surface area (TPSA) is 6.48 Å². The van der Waals surface area contributed by atoms with Crippen molar-refractivity contribution in [1.29, 1.82) is 0 Å². The number of nitrogens with zero attached hydrogens (tertiary/aromatic N) is 2. The second-order valence-corrected chi connectivity index (χ2v) is 12.9. The van der Waals surface area contributed by atoms with E-state index in [1.807, 2.05) is 0 Å². The van der Waals surface area contributed by atoms with Gasteiger partial charge in [-0.2, -0.15) is 0 Å². The summed E-state index contributed by atoms with van der Waals surface area (Å²) in [5.74, 6) is 0. The first-order valence-electron chi connectivity index (χ1n) is 18.5. The third-order valence-corrected chi connectivity index (χ3v) is 9.07. The highest BCUT2D eigenvalue weighted by Crippen LogP contribution is 2.24. The molecule has 0 radical (unpaired) electrons. The number of rotatable bonds is 31. The average molecular weight is 547 g/mol. The third kappa shape index (κ3) is 21.7. The van der Waals surface area contributed by atoms with Crippen LogP contribution in [0.15, 0.2) is 12.4 Å². The molecule has 0 amide bonds. The van der Waals surface area contributed by atoms with E-state index in [0.717, 1.165) is 0 Å². The summed E-state index contributed by atoms with van der Waals surface area (Å²) in [7, 11) is 0. The van der Waals surface area contributed by atoms with Gasteiger partial charge < -0.3 is 9.80 Å². The minimum atomic E-state index is 0.641. The van der Waals surface area contributed by atoms with Gasteiger partial charge in [-0.05, 0) is 25.7 Å². The van der Waals surface area contributed by atoms with Gasteiger partial charge >= 0.3 is 0 Å². The second-order valence-electron chi connectivity index (χ2n) is 12.9. The lowest BCUT2D eigenvalue weighted by atomic mass is 10.0. The van der Waals surface area contributed by atoms with Gasteiger partial charge in [0.1, 0.15) is 6.17 Å². The maximum atomic E-state index is 2.71. The first-order valence-corrected chi connectivity index (χ1v) is 18.5. The molecule has 2 heteroatoms. The van der Waals surface area contributed by atoms with Gasteiger partial charge in [-0.25, -0.2) is 0 Å². The molecule has 0 spiro atoms. The Labute approximate surface area is 248 Å². The predicted octanol–water partition coefficient (Wildman–Crippen LogP) is 12.8. The minimum absolute atomic E-state index is 0.641. The van der Waals surface area contributed by atoms with Crippen LogP contribution in [-0.2, 0) is 0 Å². The molecule has 2 nitrogen and oxygen atoms in total. The largest absolute Gasteiger partial charge is 0.356 e. The van der Waals surface area contributed by atoms with Gasteiger partial charge in [0.25, 0.3) is 0 Å². The monoisotopic (exact) mass is 547 g/mol. The molecule has 1 heterocycles. The van der Waals surface area contributed by atoms with Crippen LogP contribution in [0.2, 0.25) is 0 Å². The molecule has 0 N–H and O–H groups in total. The lowest BCUT2D eigenvalue weighted by Crippen LogP contribution is -2.39. The van der Waals surface area contributed by atoms with E-state index < -0.39 is 0 Å². The van der Waals surface area contributed by atoms with Crippen molar-refractivity contribution in [1.82, 2.24) is 9.80 Å². The van der Waals surface area contributed by atoms with Crippen molar-refractivity contribution in [3.05, 3.63) is 12.4 Å². The van der Waals surface area contributed by atoms with Crippen LogP contribution < -0.4 is 0 Å². The SMILES string of the molecule is CCCCCCCCCCCCCCCN1C=CN(CCCCCCCCCCC)C1CCCCCCCC. The zero-order valence-electron chi connectivity index (χ0n) is 27.5. The molecular formula is C37H74N2. The summed E-state index contributed by atoms with van der Waals surface area (Å²) in [5.41, 5.74) is 0. The highest BCUT2D eigenvalue weighted by molar-refractivity contribution is 4.97. The van der Waals surface area contributed by atoms with Gasteiger partial charge in [0.15, 0.2) is 0 Å². The fourth-order valence-corrected chi connectivity index (χ4v) is 6.36. The molecule has 0 saturated heterocycles. The number of hydrogen-bond donors (Lipinski definition) is 0. The van der Waals surface area contributed by atoms with Crippen molar-refractivity contribution in [2.75, 3.05) is 13.1 Å². The molecule has 0 saturated carbocycles. The Kier molecular flexibility index (Phi) is 26.9. The normalized spacial score (nSPS) is 15.2. The first-order chi connectivity index (χ1) is 19.3. The lowest BCUT2D eigenvalue weighted by molar-refractivity contribution is 0.135. The van der Waals surface area contributed by atoms with E-state index in [4.69, 9.17) is 0 Å². The molecule has 0 aromatic carbocycles. The molecule has 1 aliphatic heterocycles. The molecule has 1 rings (SSSR count). The standard InChI is InChI=1S/C37H74N2/c1-4-7-10-13-16-18-19-20-21-23-25-28-31-34-39-36-35-38(37(39)32-29-26-15-12-9-6-3)33-30-27-24-22-17-14-11-8-5-2/h35-37H,4-34H2,1-3H3. The Bertz CT molecular complexity index is 502. The van der Waals surface area contributed by atoms with Crippen molar-refractivity contribution in [2.45, 2.75) is 213 Å². The van der Waals surface area contributed by atoms with Gasteiger partial charge in [-0.3, -0.25) is 0 Å². The summed E-state index contributed by atoms with van der Waals surface area (Å²) in [5, 5.41) is 0. The Morgan fingerprint density at radius 2 is 0.590 bits per heavy atom. The molecule has 0 fully saturated rings. The van der Waals surface area contributed by atoms with Gasteiger partial charge in [0.2, 0.25) is 0 Å². The molecule has 1 atom stereocenters. The van der Waals surface area contributed by atoms with Gasteiger partial charge in [-0.15, -0.1) is 0 Å². The average Bonchev–Trinajstić information content (AvgIpc) is 3.33. The fourth-order valence-electron chi connectivity index (χ4n) is 6.36. The van der Waals surface area contributed by atoms with Crippen LogP contribution in [0.5, 0.6) is 0 Å². The quantitative estimate of drug-likeness (QED) is 0.0798. The van der Waals surface area contributed by atoms with Gasteiger partial charge in [-0.1, -0.05) is 181 Å². The summed E-state index contributed by atoms with van der Waals surface area (Å²) in [6, 6.07) is 0. The third-order valence-electron chi connectivity index (χ3n) is 9.07. The van der Waals surface area contributed by atoms with Crippen molar-refractivity contribution in [3.63, 3.8) is 0 Å². The van der Waals surface area contributed by atoms with Crippen LogP contribution in [0, 0.1) is 0 Å². The molecule has 0 aromatic heterocycles. The molecule has 232 valence electrons. The summed E-state index contributed by atoms with van der Waals surface area (Å²) < 4.78 is 0. The van der Waals surface area contributed by atoms with E-state index >= 15 is 0 Å². The van der Waals surface area contributed by atoms with Gasteiger partial charge in [0, 0.05) is 25.5 Å². The number of hydrogen-bond acceptors (Lipinski definition) is 2. The Morgan fingerprint density at radius 3 is 0.897 bits per heavy atom. The Hall–Kier alpha value is -0.660. The van der Waals surface area contributed by atoms with Crippen LogP contribution in [0.1, 0.15) is 207 Å². The first kappa shape index (κ1) is 36.4. The minimum Gasteiger partial charge on any atom is -0.356 e. The van der Waals surface area contributed by atoms with Crippen LogP contribution in [0.3, 0.4) is 0 Å². The van der Waals surface area contributed by atoms with E-state index in [-0.39, 0.29) is 0 Å². The molecular weight excluding hydrogens is 472 g/mol.